The Morgan fingerprint density at radius 1 is 1.25 bits per heavy atom. The first-order chi connectivity index (χ1) is 7.30. The van der Waals surface area contributed by atoms with Crippen molar-refractivity contribution in [2.45, 2.75) is 51.7 Å². The minimum atomic E-state index is -4.32. The van der Waals surface area contributed by atoms with Crippen LogP contribution in [0.15, 0.2) is 0 Å². The molecule has 1 amide bonds. The van der Waals surface area contributed by atoms with E-state index in [1.165, 1.54) is 0 Å². The lowest BCUT2D eigenvalue weighted by molar-refractivity contribution is -0.165. The van der Waals surface area contributed by atoms with Crippen LogP contribution in [-0.4, -0.2) is 18.1 Å². The van der Waals surface area contributed by atoms with E-state index in [2.05, 4.69) is 5.32 Å². The first-order valence-corrected chi connectivity index (χ1v) is 5.66. The van der Waals surface area contributed by atoms with Crippen LogP contribution in [0, 0.1) is 11.8 Å². The molecule has 5 heteroatoms. The lowest BCUT2D eigenvalue weighted by Crippen LogP contribution is -2.46. The van der Waals surface area contributed by atoms with Crippen molar-refractivity contribution in [3.8, 4) is 0 Å². The van der Waals surface area contributed by atoms with Crippen molar-refractivity contribution >= 4 is 5.91 Å². The number of amides is 1. The fourth-order valence-electron chi connectivity index (χ4n) is 2.09. The van der Waals surface area contributed by atoms with Crippen LogP contribution in [-0.2, 0) is 4.79 Å². The second-order valence-corrected chi connectivity index (χ2v) is 4.78. The quantitative estimate of drug-likeness (QED) is 0.746. The molecule has 1 aliphatic rings. The van der Waals surface area contributed by atoms with Crippen molar-refractivity contribution in [3.63, 3.8) is 0 Å². The highest BCUT2D eigenvalue weighted by atomic mass is 19.4. The highest BCUT2D eigenvalue weighted by Crippen LogP contribution is 2.30. The van der Waals surface area contributed by atoms with Crippen molar-refractivity contribution in [1.82, 2.24) is 5.32 Å². The molecule has 94 valence electrons. The summed E-state index contributed by atoms with van der Waals surface area (Å²) in [6, 6.07) is -1.67. The highest BCUT2D eigenvalue weighted by Gasteiger charge is 2.41. The van der Waals surface area contributed by atoms with Gasteiger partial charge in [0.25, 0.3) is 0 Å². The molecule has 2 atom stereocenters. The van der Waals surface area contributed by atoms with Gasteiger partial charge in [0.05, 0.1) is 0 Å². The van der Waals surface area contributed by atoms with E-state index >= 15 is 0 Å². The smallest absolute Gasteiger partial charge is 0.344 e. The van der Waals surface area contributed by atoms with Gasteiger partial charge in [-0.2, -0.15) is 13.2 Å². The van der Waals surface area contributed by atoms with Crippen LogP contribution in [0.2, 0.25) is 0 Å². The Morgan fingerprint density at radius 3 is 2.38 bits per heavy atom. The van der Waals surface area contributed by atoms with Gasteiger partial charge in [0, 0.05) is 6.42 Å². The number of hydrogen-bond acceptors (Lipinski definition) is 1. The molecule has 0 spiro atoms. The summed E-state index contributed by atoms with van der Waals surface area (Å²) in [5.41, 5.74) is 0. The Morgan fingerprint density at radius 2 is 1.88 bits per heavy atom. The molecule has 1 N–H and O–H groups in total. The molecule has 0 aromatic carbocycles. The second kappa shape index (κ2) is 5.06. The van der Waals surface area contributed by atoms with Crippen molar-refractivity contribution in [3.05, 3.63) is 0 Å². The van der Waals surface area contributed by atoms with Crippen LogP contribution in [0.3, 0.4) is 0 Å². The minimum absolute atomic E-state index is 0.00190. The van der Waals surface area contributed by atoms with E-state index in [4.69, 9.17) is 0 Å². The molecule has 0 radical (unpaired) electrons. The van der Waals surface area contributed by atoms with Crippen LogP contribution in [0.4, 0.5) is 13.2 Å². The third-order valence-corrected chi connectivity index (χ3v) is 3.24. The summed E-state index contributed by atoms with van der Waals surface area (Å²) in [6.45, 7) is 3.99. The zero-order chi connectivity index (χ0) is 12.3. The first kappa shape index (κ1) is 13.3. The summed E-state index contributed by atoms with van der Waals surface area (Å²) in [4.78, 5) is 11.2. The number of carbonyl (C=O) groups excluding carboxylic acids is 1. The topological polar surface area (TPSA) is 29.1 Å². The molecule has 0 aliphatic carbocycles. The Balaban J connectivity index is 2.67. The van der Waals surface area contributed by atoms with E-state index in [9.17, 15) is 18.0 Å². The molecule has 0 saturated carbocycles. The molecule has 0 aromatic heterocycles. The average Bonchev–Trinajstić information content (AvgIpc) is 2.08. The van der Waals surface area contributed by atoms with E-state index in [-0.39, 0.29) is 18.8 Å². The molecule has 2 nitrogen and oxygen atoms in total. The normalized spacial score (nSPS) is 28.5. The Kier molecular flexibility index (Phi) is 4.21. The average molecular weight is 237 g/mol. The summed E-state index contributed by atoms with van der Waals surface area (Å²) in [7, 11) is 0. The van der Waals surface area contributed by atoms with Gasteiger partial charge in [0.2, 0.25) is 5.91 Å². The number of hydrogen-bond donors (Lipinski definition) is 1. The summed E-state index contributed by atoms with van der Waals surface area (Å²) >= 11 is 0. The minimum Gasteiger partial charge on any atom is -0.344 e. The number of carbonyl (C=O) groups is 1. The molecule has 2 unspecified atom stereocenters. The number of halogens is 3. The predicted octanol–water partition coefficient (Wildman–Crippen LogP) is 2.88. The molecule has 0 aromatic rings. The van der Waals surface area contributed by atoms with E-state index in [0.717, 1.165) is 0 Å². The molecule has 1 saturated heterocycles. The summed E-state index contributed by atoms with van der Waals surface area (Å²) in [6.07, 6.45) is -2.90. The van der Waals surface area contributed by atoms with Crippen molar-refractivity contribution in [2.24, 2.45) is 11.8 Å². The van der Waals surface area contributed by atoms with Crippen LogP contribution in [0.5, 0.6) is 0 Å². The van der Waals surface area contributed by atoms with Gasteiger partial charge in [-0.15, -0.1) is 0 Å². The van der Waals surface area contributed by atoms with Gasteiger partial charge >= 0.3 is 6.18 Å². The Bertz CT molecular complexity index is 250. The summed E-state index contributed by atoms with van der Waals surface area (Å²) < 4.78 is 37.6. The standard InChI is InChI=1S/C11H18F3NO/c1-7(2)8-3-5-9(11(12,13)14)15-10(16)6-4-8/h7-9H,3-6H2,1-2H3,(H,15,16). The van der Waals surface area contributed by atoms with Crippen molar-refractivity contribution < 1.29 is 18.0 Å². The molecular formula is C11H18F3NO. The van der Waals surface area contributed by atoms with Gasteiger partial charge in [-0.3, -0.25) is 4.79 Å². The Labute approximate surface area is 93.6 Å². The van der Waals surface area contributed by atoms with Gasteiger partial charge in [0.1, 0.15) is 6.04 Å². The molecule has 1 rings (SSSR count). The van der Waals surface area contributed by atoms with Crippen molar-refractivity contribution in [2.75, 3.05) is 0 Å². The van der Waals surface area contributed by atoms with Crippen molar-refractivity contribution in [1.29, 1.82) is 0 Å². The SMILES string of the molecule is CC(C)C1CCC(=O)NC(C(F)(F)F)CC1. The third-order valence-electron chi connectivity index (χ3n) is 3.24. The van der Waals surface area contributed by atoms with Gasteiger partial charge in [-0.05, 0) is 31.1 Å². The van der Waals surface area contributed by atoms with Gasteiger partial charge in [-0.1, -0.05) is 13.8 Å². The van der Waals surface area contributed by atoms with Crippen LogP contribution in [0.1, 0.15) is 39.5 Å². The molecule has 1 aliphatic heterocycles. The van der Waals surface area contributed by atoms with Gasteiger partial charge < -0.3 is 5.32 Å². The first-order valence-electron chi connectivity index (χ1n) is 5.66. The Hall–Kier alpha value is -0.740. The van der Waals surface area contributed by atoms with Crippen LogP contribution < -0.4 is 5.32 Å². The largest absolute Gasteiger partial charge is 0.408 e. The highest BCUT2D eigenvalue weighted by molar-refractivity contribution is 5.76. The monoisotopic (exact) mass is 237 g/mol. The predicted molar refractivity (Wildman–Crippen MR) is 54.8 cm³/mol. The second-order valence-electron chi connectivity index (χ2n) is 4.78. The fourth-order valence-corrected chi connectivity index (χ4v) is 2.09. The molecule has 16 heavy (non-hydrogen) atoms. The number of alkyl halides is 3. The molecule has 0 bridgehead atoms. The van der Waals surface area contributed by atoms with Crippen LogP contribution in [0.25, 0.3) is 0 Å². The molecule has 1 heterocycles. The summed E-state index contributed by atoms with van der Waals surface area (Å²) in [5.74, 6) is 0.0726. The van der Waals surface area contributed by atoms with E-state index in [1.54, 1.807) is 0 Å². The lowest BCUT2D eigenvalue weighted by atomic mass is 9.84. The van der Waals surface area contributed by atoms with E-state index in [1.807, 2.05) is 13.8 Å². The van der Waals surface area contributed by atoms with E-state index in [0.29, 0.717) is 18.8 Å². The lowest BCUT2D eigenvalue weighted by Gasteiger charge is -2.29. The number of nitrogens with one attached hydrogen (secondary N) is 1. The maximum Gasteiger partial charge on any atom is 0.408 e. The molecule has 1 fully saturated rings. The fraction of sp³-hybridized carbons (Fsp3) is 0.909. The zero-order valence-corrected chi connectivity index (χ0v) is 9.60. The van der Waals surface area contributed by atoms with Gasteiger partial charge in [0.15, 0.2) is 0 Å². The number of rotatable bonds is 1. The van der Waals surface area contributed by atoms with Gasteiger partial charge in [-0.25, -0.2) is 0 Å². The zero-order valence-electron chi connectivity index (χ0n) is 9.60. The third kappa shape index (κ3) is 3.68. The summed E-state index contributed by atoms with van der Waals surface area (Å²) in [5, 5.41) is 2.05. The van der Waals surface area contributed by atoms with Crippen LogP contribution >= 0.6 is 0 Å². The van der Waals surface area contributed by atoms with E-state index < -0.39 is 18.1 Å². The molecular weight excluding hydrogens is 219 g/mol. The maximum absolute atomic E-state index is 12.5. The maximum atomic E-state index is 12.5.